The largest absolute Gasteiger partial charge is 0.328 e. The summed E-state index contributed by atoms with van der Waals surface area (Å²) in [6, 6.07) is 0.338. The van der Waals surface area contributed by atoms with Gasteiger partial charge >= 0.3 is 0 Å². The Bertz CT molecular complexity index is 193. The Morgan fingerprint density at radius 1 is 1.31 bits per heavy atom. The predicted molar refractivity (Wildman–Crippen MR) is 72.2 cm³/mol. The zero-order valence-corrected chi connectivity index (χ0v) is 11.2. The fourth-order valence-electron chi connectivity index (χ4n) is 2.00. The van der Waals surface area contributed by atoms with Gasteiger partial charge in [0.25, 0.3) is 0 Å². The van der Waals surface area contributed by atoms with Crippen molar-refractivity contribution in [2.24, 2.45) is 11.7 Å². The molecule has 0 aromatic heterocycles. The summed E-state index contributed by atoms with van der Waals surface area (Å²) >= 11 is 0. The van der Waals surface area contributed by atoms with Crippen LogP contribution in [0.3, 0.4) is 0 Å². The normalized spacial score (nSPS) is 14.8. The summed E-state index contributed by atoms with van der Waals surface area (Å²) < 4.78 is 0. The summed E-state index contributed by atoms with van der Waals surface area (Å²) in [7, 11) is 0. The number of hydrogen-bond donors (Lipinski definition) is 1. The van der Waals surface area contributed by atoms with Gasteiger partial charge in [-0.15, -0.1) is 6.42 Å². The molecule has 0 saturated heterocycles. The van der Waals surface area contributed by atoms with Crippen LogP contribution in [0, 0.1) is 18.3 Å². The van der Waals surface area contributed by atoms with Crippen LogP contribution in [0.25, 0.3) is 0 Å². The molecule has 0 aliphatic rings. The Hall–Kier alpha value is -0.520. The van der Waals surface area contributed by atoms with E-state index in [1.165, 1.54) is 19.3 Å². The van der Waals surface area contributed by atoms with Crippen LogP contribution >= 0.6 is 0 Å². The average molecular weight is 224 g/mol. The van der Waals surface area contributed by atoms with Crippen molar-refractivity contribution < 1.29 is 0 Å². The second-order valence-electron chi connectivity index (χ2n) is 4.95. The first kappa shape index (κ1) is 15.5. The van der Waals surface area contributed by atoms with Crippen molar-refractivity contribution in [2.45, 2.75) is 52.5 Å². The summed E-state index contributed by atoms with van der Waals surface area (Å²) in [4.78, 5) is 2.37. The molecule has 94 valence electrons. The van der Waals surface area contributed by atoms with Crippen LogP contribution in [-0.2, 0) is 0 Å². The second-order valence-corrected chi connectivity index (χ2v) is 4.95. The van der Waals surface area contributed by atoms with E-state index in [9.17, 15) is 0 Å². The zero-order chi connectivity index (χ0) is 12.4. The van der Waals surface area contributed by atoms with Crippen LogP contribution in [-0.4, -0.2) is 30.6 Å². The number of rotatable bonds is 9. The lowest BCUT2D eigenvalue weighted by Crippen LogP contribution is -2.30. The molecule has 0 aliphatic carbocycles. The quantitative estimate of drug-likeness (QED) is 0.610. The standard InChI is InChI=1S/C14H28N2/c1-5-10-16(11-6-2)12-13(3)8-7-9-14(4)15/h1,13-14H,6-12,15H2,2-4H3. The Labute approximate surface area is 102 Å². The topological polar surface area (TPSA) is 29.3 Å². The number of terminal acetylenes is 1. The predicted octanol–water partition coefficient (Wildman–Crippen LogP) is 2.49. The Kier molecular flexibility index (Phi) is 9.37. The van der Waals surface area contributed by atoms with E-state index in [1.807, 2.05) is 0 Å². The van der Waals surface area contributed by atoms with E-state index in [-0.39, 0.29) is 0 Å². The van der Waals surface area contributed by atoms with Gasteiger partial charge in [0.2, 0.25) is 0 Å². The van der Waals surface area contributed by atoms with E-state index in [0.29, 0.717) is 6.04 Å². The van der Waals surface area contributed by atoms with E-state index in [2.05, 4.69) is 31.6 Å². The maximum Gasteiger partial charge on any atom is 0.0599 e. The van der Waals surface area contributed by atoms with Crippen molar-refractivity contribution in [3.05, 3.63) is 0 Å². The van der Waals surface area contributed by atoms with E-state index in [0.717, 1.165) is 32.0 Å². The minimum absolute atomic E-state index is 0.338. The molecule has 0 bridgehead atoms. The van der Waals surface area contributed by atoms with Gasteiger partial charge in [0.05, 0.1) is 6.54 Å². The lowest BCUT2D eigenvalue weighted by molar-refractivity contribution is 0.254. The van der Waals surface area contributed by atoms with Gasteiger partial charge in [-0.3, -0.25) is 4.90 Å². The molecule has 2 atom stereocenters. The van der Waals surface area contributed by atoms with Crippen LogP contribution in [0.5, 0.6) is 0 Å². The van der Waals surface area contributed by atoms with Gasteiger partial charge in [-0.25, -0.2) is 0 Å². The molecule has 2 unspecified atom stereocenters. The van der Waals surface area contributed by atoms with E-state index in [1.54, 1.807) is 0 Å². The van der Waals surface area contributed by atoms with Crippen molar-refractivity contribution in [3.63, 3.8) is 0 Å². The van der Waals surface area contributed by atoms with Crippen LogP contribution in [0.15, 0.2) is 0 Å². The maximum atomic E-state index is 5.74. The van der Waals surface area contributed by atoms with Crippen molar-refractivity contribution in [1.29, 1.82) is 0 Å². The molecule has 2 N–H and O–H groups in total. The lowest BCUT2D eigenvalue weighted by Gasteiger charge is -2.23. The maximum absolute atomic E-state index is 5.74. The lowest BCUT2D eigenvalue weighted by atomic mass is 10.0. The van der Waals surface area contributed by atoms with Crippen molar-refractivity contribution in [3.8, 4) is 12.3 Å². The second kappa shape index (κ2) is 9.69. The smallest absolute Gasteiger partial charge is 0.0599 e. The minimum atomic E-state index is 0.338. The molecule has 0 aromatic rings. The van der Waals surface area contributed by atoms with E-state index < -0.39 is 0 Å². The van der Waals surface area contributed by atoms with Crippen LogP contribution in [0.1, 0.15) is 46.5 Å². The highest BCUT2D eigenvalue weighted by Gasteiger charge is 2.08. The molecule has 0 spiro atoms. The summed E-state index contributed by atoms with van der Waals surface area (Å²) in [5, 5.41) is 0. The molecule has 0 heterocycles. The molecule has 0 aromatic carbocycles. The third-order valence-corrected chi connectivity index (χ3v) is 2.78. The zero-order valence-electron chi connectivity index (χ0n) is 11.2. The molecular formula is C14H28N2. The number of hydrogen-bond acceptors (Lipinski definition) is 2. The molecule has 0 rings (SSSR count). The van der Waals surface area contributed by atoms with Crippen LogP contribution in [0.4, 0.5) is 0 Å². The third-order valence-electron chi connectivity index (χ3n) is 2.78. The molecule has 0 fully saturated rings. The Balaban J connectivity index is 3.72. The van der Waals surface area contributed by atoms with Gasteiger partial charge in [-0.2, -0.15) is 0 Å². The third kappa shape index (κ3) is 8.76. The van der Waals surface area contributed by atoms with E-state index >= 15 is 0 Å². The Morgan fingerprint density at radius 3 is 2.50 bits per heavy atom. The summed E-state index contributed by atoms with van der Waals surface area (Å²) in [5.74, 6) is 3.46. The minimum Gasteiger partial charge on any atom is -0.328 e. The van der Waals surface area contributed by atoms with Crippen molar-refractivity contribution in [1.82, 2.24) is 4.90 Å². The summed E-state index contributed by atoms with van der Waals surface area (Å²) in [6.07, 6.45) is 10.2. The highest BCUT2D eigenvalue weighted by Crippen LogP contribution is 2.10. The fraction of sp³-hybridized carbons (Fsp3) is 0.857. The highest BCUT2D eigenvalue weighted by molar-refractivity contribution is 4.88. The van der Waals surface area contributed by atoms with Crippen LogP contribution in [0.2, 0.25) is 0 Å². The first-order valence-electron chi connectivity index (χ1n) is 6.51. The van der Waals surface area contributed by atoms with Crippen molar-refractivity contribution >= 4 is 0 Å². The summed E-state index contributed by atoms with van der Waals surface area (Å²) in [6.45, 7) is 9.60. The molecule has 0 radical (unpaired) electrons. The van der Waals surface area contributed by atoms with Gasteiger partial charge < -0.3 is 5.73 Å². The Morgan fingerprint density at radius 2 is 2.00 bits per heavy atom. The molecule has 2 nitrogen and oxygen atoms in total. The molecular weight excluding hydrogens is 196 g/mol. The van der Waals surface area contributed by atoms with Crippen LogP contribution < -0.4 is 5.73 Å². The molecule has 0 aliphatic heterocycles. The van der Waals surface area contributed by atoms with Gasteiger partial charge in [0, 0.05) is 12.6 Å². The average Bonchev–Trinajstić information content (AvgIpc) is 2.17. The van der Waals surface area contributed by atoms with E-state index in [4.69, 9.17) is 12.2 Å². The fourth-order valence-corrected chi connectivity index (χ4v) is 2.00. The van der Waals surface area contributed by atoms with Gasteiger partial charge in [-0.05, 0) is 38.6 Å². The number of nitrogens with two attached hydrogens (primary N) is 1. The SMILES string of the molecule is C#CCN(CCC)CC(C)CCCC(C)N. The molecule has 0 amide bonds. The molecule has 2 heteroatoms. The first-order chi connectivity index (χ1) is 7.60. The molecule has 16 heavy (non-hydrogen) atoms. The monoisotopic (exact) mass is 224 g/mol. The van der Waals surface area contributed by atoms with Gasteiger partial charge in [-0.1, -0.05) is 26.2 Å². The van der Waals surface area contributed by atoms with Crippen molar-refractivity contribution in [2.75, 3.05) is 19.6 Å². The van der Waals surface area contributed by atoms with Gasteiger partial charge in [0.1, 0.15) is 0 Å². The highest BCUT2D eigenvalue weighted by atomic mass is 15.1. The summed E-state index contributed by atoms with van der Waals surface area (Å²) in [5.41, 5.74) is 5.74. The number of nitrogens with zero attached hydrogens (tertiary/aromatic N) is 1. The van der Waals surface area contributed by atoms with Gasteiger partial charge in [0.15, 0.2) is 0 Å². The molecule has 0 saturated carbocycles. The first-order valence-corrected chi connectivity index (χ1v) is 6.51.